The molecule has 0 N–H and O–H groups in total. The number of nitro groups is 1. The topological polar surface area (TPSA) is 91.7 Å². The van der Waals surface area contributed by atoms with Gasteiger partial charge in [-0.05, 0) is 41.2 Å². The summed E-state index contributed by atoms with van der Waals surface area (Å²) in [5, 5.41) is 19.1. The Balaban J connectivity index is 2.00. The SMILES string of the molecule is Cn1cnc([N+](=O)[O-])c1-n1cc(C2=CCCCC2)nn1. The fourth-order valence-corrected chi connectivity index (χ4v) is 2.39. The van der Waals surface area contributed by atoms with Gasteiger partial charge in [-0.1, -0.05) is 11.3 Å². The quantitative estimate of drug-likeness (QED) is 0.629. The van der Waals surface area contributed by atoms with Crippen molar-refractivity contribution in [1.29, 1.82) is 0 Å². The van der Waals surface area contributed by atoms with Crippen LogP contribution in [0.4, 0.5) is 5.82 Å². The third-order valence-electron chi connectivity index (χ3n) is 3.39. The van der Waals surface area contributed by atoms with Gasteiger partial charge in [-0.3, -0.25) is 4.57 Å². The first kappa shape index (κ1) is 12.5. The maximum absolute atomic E-state index is 11.0. The number of nitrogens with zero attached hydrogens (tertiary/aromatic N) is 6. The molecule has 1 aliphatic carbocycles. The van der Waals surface area contributed by atoms with Gasteiger partial charge in [0.2, 0.25) is 12.1 Å². The molecule has 20 heavy (non-hydrogen) atoms. The Hall–Kier alpha value is -2.51. The Labute approximate surface area is 114 Å². The first-order valence-corrected chi connectivity index (χ1v) is 6.44. The molecule has 104 valence electrons. The highest BCUT2D eigenvalue weighted by Crippen LogP contribution is 2.26. The molecule has 0 unspecified atom stereocenters. The Kier molecular flexibility index (Phi) is 3.05. The molecule has 2 heterocycles. The van der Waals surface area contributed by atoms with Crippen molar-refractivity contribution in [3.05, 3.63) is 34.4 Å². The maximum Gasteiger partial charge on any atom is 0.408 e. The van der Waals surface area contributed by atoms with Crippen molar-refractivity contribution < 1.29 is 4.92 Å². The molecule has 1 aliphatic rings. The predicted molar refractivity (Wildman–Crippen MR) is 71.2 cm³/mol. The number of aryl methyl sites for hydroxylation is 1. The Morgan fingerprint density at radius 3 is 2.95 bits per heavy atom. The second-order valence-electron chi connectivity index (χ2n) is 4.78. The second-order valence-corrected chi connectivity index (χ2v) is 4.78. The molecule has 0 amide bonds. The van der Waals surface area contributed by atoms with E-state index in [2.05, 4.69) is 21.4 Å². The van der Waals surface area contributed by atoms with Crippen LogP contribution in [-0.4, -0.2) is 29.5 Å². The molecule has 0 saturated carbocycles. The van der Waals surface area contributed by atoms with Crippen LogP contribution in [0.5, 0.6) is 0 Å². The van der Waals surface area contributed by atoms with Gasteiger partial charge >= 0.3 is 5.82 Å². The molecule has 0 bridgehead atoms. The summed E-state index contributed by atoms with van der Waals surface area (Å²) in [5.74, 6) is 0.0896. The average molecular weight is 274 g/mol. The van der Waals surface area contributed by atoms with Crippen LogP contribution in [0.3, 0.4) is 0 Å². The molecule has 0 radical (unpaired) electrons. The highest BCUT2D eigenvalue weighted by molar-refractivity contribution is 5.62. The number of rotatable bonds is 3. The van der Waals surface area contributed by atoms with Crippen molar-refractivity contribution in [2.75, 3.05) is 0 Å². The van der Waals surface area contributed by atoms with E-state index in [1.54, 1.807) is 17.8 Å². The number of hydrogen-bond donors (Lipinski definition) is 0. The Morgan fingerprint density at radius 2 is 2.25 bits per heavy atom. The van der Waals surface area contributed by atoms with Gasteiger partial charge in [-0.2, -0.15) is 4.68 Å². The minimum atomic E-state index is -0.517. The summed E-state index contributed by atoms with van der Waals surface area (Å²) in [7, 11) is 1.69. The molecular weight excluding hydrogens is 260 g/mol. The van der Waals surface area contributed by atoms with Gasteiger partial charge in [0, 0.05) is 7.05 Å². The van der Waals surface area contributed by atoms with E-state index >= 15 is 0 Å². The van der Waals surface area contributed by atoms with Gasteiger partial charge in [0.25, 0.3) is 0 Å². The highest BCUT2D eigenvalue weighted by atomic mass is 16.6. The lowest BCUT2D eigenvalue weighted by Crippen LogP contribution is -2.05. The average Bonchev–Trinajstić information content (AvgIpc) is 3.06. The molecule has 8 heteroatoms. The minimum Gasteiger partial charge on any atom is -0.358 e. The van der Waals surface area contributed by atoms with Crippen molar-refractivity contribution in [2.45, 2.75) is 25.7 Å². The van der Waals surface area contributed by atoms with Crippen molar-refractivity contribution >= 4 is 11.4 Å². The monoisotopic (exact) mass is 274 g/mol. The van der Waals surface area contributed by atoms with Crippen LogP contribution in [0.25, 0.3) is 11.4 Å². The molecule has 0 aliphatic heterocycles. The lowest BCUT2D eigenvalue weighted by Gasteiger charge is -2.08. The molecule has 8 nitrogen and oxygen atoms in total. The Morgan fingerprint density at radius 1 is 1.40 bits per heavy atom. The number of allylic oxidation sites excluding steroid dienone is 2. The molecule has 0 atom stereocenters. The van der Waals surface area contributed by atoms with Gasteiger partial charge in [-0.15, -0.1) is 5.10 Å². The van der Waals surface area contributed by atoms with E-state index in [0.717, 1.165) is 30.5 Å². The van der Waals surface area contributed by atoms with E-state index in [1.165, 1.54) is 17.4 Å². The summed E-state index contributed by atoms with van der Waals surface area (Å²) in [6, 6.07) is 0. The van der Waals surface area contributed by atoms with Crippen LogP contribution >= 0.6 is 0 Å². The summed E-state index contributed by atoms with van der Waals surface area (Å²) in [5.41, 5.74) is 1.94. The standard InChI is InChI=1S/C12H14N6O2/c1-16-8-13-11(18(19)20)12(16)17-7-10(14-15-17)9-5-3-2-4-6-9/h5,7-8H,2-4,6H2,1H3. The summed E-state index contributed by atoms with van der Waals surface area (Å²) >= 11 is 0. The van der Waals surface area contributed by atoms with E-state index in [0.29, 0.717) is 5.82 Å². The van der Waals surface area contributed by atoms with E-state index in [-0.39, 0.29) is 5.82 Å². The smallest absolute Gasteiger partial charge is 0.358 e. The van der Waals surface area contributed by atoms with Crippen LogP contribution < -0.4 is 0 Å². The zero-order valence-corrected chi connectivity index (χ0v) is 11.1. The molecule has 3 rings (SSSR count). The summed E-state index contributed by atoms with van der Waals surface area (Å²) in [6.07, 6.45) is 9.65. The maximum atomic E-state index is 11.0. The number of aromatic nitrogens is 5. The van der Waals surface area contributed by atoms with Crippen LogP contribution in [0.2, 0.25) is 0 Å². The largest absolute Gasteiger partial charge is 0.408 e. The van der Waals surface area contributed by atoms with Crippen molar-refractivity contribution in [3.8, 4) is 5.82 Å². The van der Waals surface area contributed by atoms with Gasteiger partial charge in [0.1, 0.15) is 5.69 Å². The predicted octanol–water partition coefficient (Wildman–Crippen LogP) is 1.87. The van der Waals surface area contributed by atoms with Gasteiger partial charge in [-0.25, -0.2) is 0 Å². The van der Waals surface area contributed by atoms with E-state index in [4.69, 9.17) is 0 Å². The van der Waals surface area contributed by atoms with Crippen molar-refractivity contribution in [3.63, 3.8) is 0 Å². The van der Waals surface area contributed by atoms with Gasteiger partial charge < -0.3 is 10.1 Å². The fourth-order valence-electron chi connectivity index (χ4n) is 2.39. The van der Waals surface area contributed by atoms with Crippen molar-refractivity contribution in [2.24, 2.45) is 7.05 Å². The zero-order valence-electron chi connectivity index (χ0n) is 11.1. The molecule has 0 spiro atoms. The molecule has 0 fully saturated rings. The minimum absolute atomic E-state index is 0.221. The lowest BCUT2D eigenvalue weighted by atomic mass is 9.98. The second kappa shape index (κ2) is 4.87. The van der Waals surface area contributed by atoms with Crippen LogP contribution in [0.15, 0.2) is 18.6 Å². The van der Waals surface area contributed by atoms with Crippen molar-refractivity contribution in [1.82, 2.24) is 24.5 Å². The van der Waals surface area contributed by atoms with E-state index in [9.17, 15) is 10.1 Å². The third-order valence-corrected chi connectivity index (χ3v) is 3.39. The first-order valence-electron chi connectivity index (χ1n) is 6.44. The van der Waals surface area contributed by atoms with Crippen LogP contribution in [0.1, 0.15) is 31.4 Å². The molecule has 2 aromatic heterocycles. The molecule has 2 aromatic rings. The lowest BCUT2D eigenvalue weighted by molar-refractivity contribution is -0.389. The zero-order chi connectivity index (χ0) is 14.1. The molecular formula is C12H14N6O2. The highest BCUT2D eigenvalue weighted by Gasteiger charge is 2.23. The van der Waals surface area contributed by atoms with Gasteiger partial charge in [0.05, 0.1) is 6.20 Å². The third kappa shape index (κ3) is 2.09. The number of hydrogen-bond acceptors (Lipinski definition) is 5. The van der Waals surface area contributed by atoms with Crippen LogP contribution in [-0.2, 0) is 7.05 Å². The molecule has 0 saturated heterocycles. The normalized spacial score (nSPS) is 15.2. The summed E-state index contributed by atoms with van der Waals surface area (Å²) in [4.78, 5) is 14.2. The molecule has 0 aromatic carbocycles. The van der Waals surface area contributed by atoms with E-state index in [1.807, 2.05) is 0 Å². The Bertz CT molecular complexity index is 684. The number of imidazole rings is 1. The van der Waals surface area contributed by atoms with E-state index < -0.39 is 4.92 Å². The first-order chi connectivity index (χ1) is 9.66. The fraction of sp³-hybridized carbons (Fsp3) is 0.417. The van der Waals surface area contributed by atoms with Crippen LogP contribution in [0, 0.1) is 10.1 Å². The van der Waals surface area contributed by atoms with Gasteiger partial charge in [0.15, 0.2) is 0 Å². The summed E-state index contributed by atoms with van der Waals surface area (Å²) in [6.45, 7) is 0. The summed E-state index contributed by atoms with van der Waals surface area (Å²) < 4.78 is 2.97.